The maximum atomic E-state index is 12.9. The van der Waals surface area contributed by atoms with E-state index in [9.17, 15) is 25.0 Å². The van der Waals surface area contributed by atoms with Gasteiger partial charge >= 0.3 is 0 Å². The molecule has 3 rings (SSSR count). The topological polar surface area (TPSA) is 117 Å². The number of carbonyl (C=O) groups is 2. The molecule has 0 saturated heterocycles. The fraction of sp³-hybridized carbons (Fsp3) is 0.227. The first kappa shape index (κ1) is 20.7. The zero-order valence-electron chi connectivity index (χ0n) is 16.5. The number of unbranched alkanes of at least 4 members (excludes halogenated alkanes) is 1. The van der Waals surface area contributed by atoms with Gasteiger partial charge in [0.25, 0.3) is 17.5 Å². The molecule has 8 nitrogen and oxygen atoms in total. The van der Waals surface area contributed by atoms with Crippen molar-refractivity contribution in [2.75, 3.05) is 6.54 Å². The Morgan fingerprint density at radius 2 is 1.93 bits per heavy atom. The highest BCUT2D eigenvalue weighted by Crippen LogP contribution is 2.33. The molecule has 2 aromatic rings. The predicted molar refractivity (Wildman–Crippen MR) is 109 cm³/mol. The Hall–Kier alpha value is -3.99. The number of furan rings is 1. The molecule has 30 heavy (non-hydrogen) atoms. The second kappa shape index (κ2) is 8.57. The summed E-state index contributed by atoms with van der Waals surface area (Å²) in [6, 6.07) is 11.2. The van der Waals surface area contributed by atoms with Gasteiger partial charge in [-0.05, 0) is 43.2 Å². The number of para-hydroxylation sites is 1. The maximum absolute atomic E-state index is 12.9. The van der Waals surface area contributed by atoms with Crippen LogP contribution in [0.4, 0.5) is 5.69 Å². The molecule has 1 aliphatic rings. The minimum absolute atomic E-state index is 0.0811. The third-order valence-corrected chi connectivity index (χ3v) is 4.84. The fourth-order valence-electron chi connectivity index (χ4n) is 3.21. The van der Waals surface area contributed by atoms with Crippen molar-refractivity contribution in [3.05, 3.63) is 69.0 Å². The van der Waals surface area contributed by atoms with Crippen LogP contribution in [0.5, 0.6) is 0 Å². The lowest BCUT2D eigenvalue weighted by Crippen LogP contribution is -2.43. The molecule has 0 saturated carbocycles. The lowest BCUT2D eigenvalue weighted by Gasteiger charge is -2.27. The predicted octanol–water partition coefficient (Wildman–Crippen LogP) is 4.25. The van der Waals surface area contributed by atoms with Crippen LogP contribution in [0.15, 0.2) is 57.5 Å². The van der Waals surface area contributed by atoms with Gasteiger partial charge in [-0.15, -0.1) is 0 Å². The number of carbonyl (C=O) groups excluding carboxylic acids is 2. The van der Waals surface area contributed by atoms with E-state index in [4.69, 9.17) is 4.42 Å². The van der Waals surface area contributed by atoms with Crippen molar-refractivity contribution < 1.29 is 18.9 Å². The van der Waals surface area contributed by atoms with Crippen molar-refractivity contribution in [3.8, 4) is 17.4 Å². The van der Waals surface area contributed by atoms with E-state index in [1.54, 1.807) is 37.3 Å². The molecule has 0 bridgehead atoms. The Kier molecular flexibility index (Phi) is 5.93. The molecule has 2 amide bonds. The highest BCUT2D eigenvalue weighted by Gasteiger charge is 2.35. The van der Waals surface area contributed by atoms with E-state index in [1.807, 2.05) is 13.0 Å². The number of imide groups is 1. The first-order valence-electron chi connectivity index (χ1n) is 9.41. The largest absolute Gasteiger partial charge is 0.456 e. The van der Waals surface area contributed by atoms with Crippen molar-refractivity contribution in [3.63, 3.8) is 0 Å². The third kappa shape index (κ3) is 3.78. The van der Waals surface area contributed by atoms with Crippen molar-refractivity contribution >= 4 is 23.6 Å². The van der Waals surface area contributed by atoms with Crippen LogP contribution in [0, 0.1) is 21.4 Å². The third-order valence-electron chi connectivity index (χ3n) is 4.84. The quantitative estimate of drug-likeness (QED) is 0.307. The Balaban J connectivity index is 2.03. The summed E-state index contributed by atoms with van der Waals surface area (Å²) in [5.41, 5.74) is 0.600. The molecule has 0 radical (unpaired) electrons. The number of benzene rings is 1. The van der Waals surface area contributed by atoms with Gasteiger partial charge in [0.1, 0.15) is 23.2 Å². The van der Waals surface area contributed by atoms with Crippen molar-refractivity contribution in [1.82, 2.24) is 4.90 Å². The van der Waals surface area contributed by atoms with Crippen molar-refractivity contribution in [1.29, 1.82) is 5.26 Å². The lowest BCUT2D eigenvalue weighted by molar-refractivity contribution is -0.384. The fourth-order valence-corrected chi connectivity index (χ4v) is 3.21. The smallest absolute Gasteiger partial charge is 0.280 e. The highest BCUT2D eigenvalue weighted by atomic mass is 16.6. The summed E-state index contributed by atoms with van der Waals surface area (Å²) in [6.07, 6.45) is 2.88. The molecule has 0 atom stereocenters. The summed E-state index contributed by atoms with van der Waals surface area (Å²) in [4.78, 5) is 37.2. The van der Waals surface area contributed by atoms with E-state index in [0.717, 1.165) is 11.3 Å². The molecule has 152 valence electrons. The first-order chi connectivity index (χ1) is 14.4. The Bertz CT molecular complexity index is 1130. The van der Waals surface area contributed by atoms with Crippen LogP contribution in [0.1, 0.15) is 32.4 Å². The molecule has 1 aliphatic heterocycles. The number of rotatable bonds is 6. The van der Waals surface area contributed by atoms with Crippen LogP contribution in [-0.4, -0.2) is 28.2 Å². The molecule has 0 aliphatic carbocycles. The summed E-state index contributed by atoms with van der Waals surface area (Å²) in [5.74, 6) is -0.523. The molecular weight excluding hydrogens is 386 g/mol. The summed E-state index contributed by atoms with van der Waals surface area (Å²) >= 11 is 0. The number of nitriles is 1. The van der Waals surface area contributed by atoms with Crippen molar-refractivity contribution in [2.24, 2.45) is 0 Å². The SMILES string of the molecule is CCCCN1C(=O)C(C#N)=C(C)/C(=C/c2ccc(-c3ccccc3[N+](=O)[O-])o2)C1=O. The average Bonchev–Trinajstić information content (AvgIpc) is 3.20. The first-order valence-corrected chi connectivity index (χ1v) is 9.41. The van der Waals surface area contributed by atoms with E-state index in [1.165, 1.54) is 12.1 Å². The van der Waals surface area contributed by atoms with Crippen LogP contribution in [0.2, 0.25) is 0 Å². The van der Waals surface area contributed by atoms with Crippen LogP contribution >= 0.6 is 0 Å². The lowest BCUT2D eigenvalue weighted by atomic mass is 9.94. The molecule has 0 unspecified atom stereocenters. The standard InChI is InChI=1S/C22H19N3O5/c1-3-4-11-24-21(26)17(14(2)18(13-23)22(24)27)12-15-9-10-20(30-15)16-7-5-6-8-19(16)25(28)29/h5-10,12H,3-4,11H2,1-2H3/b17-12-. The van der Waals surface area contributed by atoms with Gasteiger partial charge in [-0.25, -0.2) is 0 Å². The van der Waals surface area contributed by atoms with E-state index >= 15 is 0 Å². The normalized spacial score (nSPS) is 15.6. The van der Waals surface area contributed by atoms with E-state index < -0.39 is 16.7 Å². The van der Waals surface area contributed by atoms with Crippen LogP contribution in [-0.2, 0) is 9.59 Å². The van der Waals surface area contributed by atoms with Crippen molar-refractivity contribution in [2.45, 2.75) is 26.7 Å². The van der Waals surface area contributed by atoms with Crippen LogP contribution in [0.25, 0.3) is 17.4 Å². The number of hydrogen-bond acceptors (Lipinski definition) is 6. The van der Waals surface area contributed by atoms with Gasteiger partial charge in [0.15, 0.2) is 0 Å². The molecule has 1 aromatic carbocycles. The number of nitro groups is 1. The summed E-state index contributed by atoms with van der Waals surface area (Å²) in [6.45, 7) is 3.71. The van der Waals surface area contributed by atoms with Crippen LogP contribution < -0.4 is 0 Å². The average molecular weight is 405 g/mol. The summed E-state index contributed by atoms with van der Waals surface area (Å²) in [5, 5.41) is 20.7. The second-order valence-corrected chi connectivity index (χ2v) is 6.76. The van der Waals surface area contributed by atoms with Gasteiger partial charge in [0, 0.05) is 18.2 Å². The molecule has 0 fully saturated rings. The Morgan fingerprint density at radius 3 is 2.60 bits per heavy atom. The van der Waals surface area contributed by atoms with E-state index in [-0.39, 0.29) is 40.5 Å². The molecular formula is C22H19N3O5. The van der Waals surface area contributed by atoms with E-state index in [2.05, 4.69) is 0 Å². The molecule has 0 N–H and O–H groups in total. The van der Waals surface area contributed by atoms with Crippen LogP contribution in [0.3, 0.4) is 0 Å². The highest BCUT2D eigenvalue weighted by molar-refractivity contribution is 6.19. The van der Waals surface area contributed by atoms with E-state index in [0.29, 0.717) is 12.0 Å². The van der Waals surface area contributed by atoms with Gasteiger partial charge in [-0.2, -0.15) is 5.26 Å². The van der Waals surface area contributed by atoms with Gasteiger partial charge in [0.2, 0.25) is 0 Å². The molecule has 0 spiro atoms. The number of nitrogens with zero attached hydrogens (tertiary/aromatic N) is 3. The number of nitro benzene ring substituents is 1. The Labute approximate surface area is 172 Å². The van der Waals surface area contributed by atoms with Gasteiger partial charge in [-0.1, -0.05) is 25.5 Å². The number of amides is 2. The zero-order chi connectivity index (χ0) is 21.8. The molecule has 2 heterocycles. The summed E-state index contributed by atoms with van der Waals surface area (Å²) < 4.78 is 5.73. The monoisotopic (exact) mass is 405 g/mol. The second-order valence-electron chi connectivity index (χ2n) is 6.76. The zero-order valence-corrected chi connectivity index (χ0v) is 16.5. The van der Waals surface area contributed by atoms with Gasteiger partial charge in [-0.3, -0.25) is 24.6 Å². The minimum Gasteiger partial charge on any atom is -0.456 e. The maximum Gasteiger partial charge on any atom is 0.280 e. The summed E-state index contributed by atoms with van der Waals surface area (Å²) in [7, 11) is 0. The van der Waals surface area contributed by atoms with Gasteiger partial charge < -0.3 is 4.42 Å². The Morgan fingerprint density at radius 1 is 1.20 bits per heavy atom. The molecule has 1 aromatic heterocycles. The molecule has 8 heteroatoms. The number of hydrogen-bond donors (Lipinski definition) is 0. The van der Waals surface area contributed by atoms with Gasteiger partial charge in [0.05, 0.1) is 10.5 Å². The minimum atomic E-state index is -0.592.